The van der Waals surface area contributed by atoms with Crippen LogP contribution in [0.25, 0.3) is 0 Å². The van der Waals surface area contributed by atoms with E-state index >= 15 is 0 Å². The summed E-state index contributed by atoms with van der Waals surface area (Å²) in [6, 6.07) is 5.87. The van der Waals surface area contributed by atoms with Crippen LogP contribution in [0.3, 0.4) is 0 Å². The molecule has 0 aliphatic heterocycles. The van der Waals surface area contributed by atoms with Gasteiger partial charge in [-0.15, -0.1) is 0 Å². The number of anilines is 1. The molecule has 6 nitrogen and oxygen atoms in total. The number of hydrogen-bond donors (Lipinski definition) is 3. The molecule has 0 spiro atoms. The summed E-state index contributed by atoms with van der Waals surface area (Å²) >= 11 is 0. The van der Waals surface area contributed by atoms with Gasteiger partial charge in [-0.2, -0.15) is 0 Å². The van der Waals surface area contributed by atoms with Crippen molar-refractivity contribution in [2.45, 2.75) is 51.7 Å². The molecule has 3 N–H and O–H groups in total. The van der Waals surface area contributed by atoms with Crippen molar-refractivity contribution in [3.8, 4) is 0 Å². The number of amides is 2. The zero-order valence-corrected chi connectivity index (χ0v) is 15.3. The first kappa shape index (κ1) is 18.5. The van der Waals surface area contributed by atoms with Gasteiger partial charge >= 0.3 is 6.09 Å². The molecule has 3 rings (SSSR count). The normalized spacial score (nSPS) is 27.1. The van der Waals surface area contributed by atoms with Gasteiger partial charge < -0.3 is 10.1 Å². The number of hydrazine groups is 1. The fourth-order valence-corrected chi connectivity index (χ4v) is 4.09. The molecule has 2 amide bonds. The highest BCUT2D eigenvalue weighted by atomic mass is 19.1. The van der Waals surface area contributed by atoms with Crippen molar-refractivity contribution >= 4 is 17.7 Å². The SMILES string of the molecule is CC(C)(C)OC(=O)N[C@@H]1[C@H]2CC[C@@H](C2)[C@H]1C(=O)NNc1ccccc1F. The molecule has 0 saturated heterocycles. The summed E-state index contributed by atoms with van der Waals surface area (Å²) in [5.41, 5.74) is 4.86. The summed E-state index contributed by atoms with van der Waals surface area (Å²) in [6.07, 6.45) is 2.37. The number of para-hydroxylation sites is 1. The van der Waals surface area contributed by atoms with E-state index in [2.05, 4.69) is 16.2 Å². The van der Waals surface area contributed by atoms with Crippen molar-refractivity contribution in [2.75, 3.05) is 5.43 Å². The second kappa shape index (κ2) is 7.13. The predicted octanol–water partition coefficient (Wildman–Crippen LogP) is 3.21. The number of halogens is 1. The third kappa shape index (κ3) is 4.08. The molecule has 2 bridgehead atoms. The second-order valence-corrected chi connectivity index (χ2v) is 8.13. The van der Waals surface area contributed by atoms with E-state index in [0.29, 0.717) is 0 Å². The van der Waals surface area contributed by atoms with E-state index in [9.17, 15) is 14.0 Å². The van der Waals surface area contributed by atoms with Crippen molar-refractivity contribution < 1.29 is 18.7 Å². The summed E-state index contributed by atoms with van der Waals surface area (Å²) in [6.45, 7) is 5.40. The van der Waals surface area contributed by atoms with E-state index < -0.39 is 17.5 Å². The standard InChI is InChI=1S/C19H26FN3O3/c1-19(2,3)26-18(25)21-16-12-9-8-11(10-12)15(16)17(24)23-22-14-7-5-4-6-13(14)20/h4-7,11-12,15-16,22H,8-10H2,1-3H3,(H,21,25)(H,23,24)/t11-,12-,15+,16+/m0/s1. The average molecular weight is 363 g/mol. The molecule has 1 aromatic carbocycles. The molecule has 0 heterocycles. The highest BCUT2D eigenvalue weighted by molar-refractivity contribution is 5.82. The number of benzene rings is 1. The van der Waals surface area contributed by atoms with Crippen LogP contribution in [0, 0.1) is 23.6 Å². The molecular formula is C19H26FN3O3. The molecule has 26 heavy (non-hydrogen) atoms. The van der Waals surface area contributed by atoms with Gasteiger partial charge in [-0.25, -0.2) is 9.18 Å². The molecule has 7 heteroatoms. The van der Waals surface area contributed by atoms with Gasteiger partial charge in [0.15, 0.2) is 0 Å². The smallest absolute Gasteiger partial charge is 0.407 e. The van der Waals surface area contributed by atoms with Crippen molar-refractivity contribution in [3.05, 3.63) is 30.1 Å². The van der Waals surface area contributed by atoms with E-state index in [1.165, 1.54) is 6.07 Å². The van der Waals surface area contributed by atoms with E-state index in [4.69, 9.17) is 4.74 Å². The topological polar surface area (TPSA) is 79.5 Å². The van der Waals surface area contributed by atoms with Gasteiger partial charge in [-0.3, -0.25) is 15.6 Å². The Morgan fingerprint density at radius 2 is 1.85 bits per heavy atom. The Morgan fingerprint density at radius 3 is 2.54 bits per heavy atom. The molecule has 2 aliphatic carbocycles. The van der Waals surface area contributed by atoms with E-state index in [-0.39, 0.29) is 35.4 Å². The van der Waals surface area contributed by atoms with Crippen LogP contribution in [0.15, 0.2) is 24.3 Å². The molecule has 4 atom stereocenters. The Labute approximate surface area is 152 Å². The van der Waals surface area contributed by atoms with Crippen LogP contribution < -0.4 is 16.2 Å². The maximum atomic E-state index is 13.7. The third-order valence-electron chi connectivity index (χ3n) is 5.10. The molecule has 2 fully saturated rings. The van der Waals surface area contributed by atoms with Crippen LogP contribution in [0.5, 0.6) is 0 Å². The Bertz CT molecular complexity index is 689. The first-order chi connectivity index (χ1) is 12.2. The van der Waals surface area contributed by atoms with Crippen molar-refractivity contribution in [2.24, 2.45) is 17.8 Å². The largest absolute Gasteiger partial charge is 0.444 e. The summed E-state index contributed by atoms with van der Waals surface area (Å²) in [5.74, 6) is -0.523. The zero-order valence-electron chi connectivity index (χ0n) is 15.3. The predicted molar refractivity (Wildman–Crippen MR) is 95.6 cm³/mol. The number of hydrogen-bond acceptors (Lipinski definition) is 4. The van der Waals surface area contributed by atoms with Gasteiger partial charge in [0.1, 0.15) is 11.4 Å². The molecular weight excluding hydrogens is 337 g/mol. The summed E-state index contributed by atoms with van der Waals surface area (Å²) in [5, 5.41) is 2.88. The van der Waals surface area contributed by atoms with Crippen LogP contribution in [-0.2, 0) is 9.53 Å². The quantitative estimate of drug-likeness (QED) is 0.718. The Balaban J connectivity index is 1.63. The number of rotatable bonds is 4. The van der Waals surface area contributed by atoms with Crippen molar-refractivity contribution in [1.29, 1.82) is 0 Å². The lowest BCUT2D eigenvalue weighted by Gasteiger charge is -2.31. The summed E-state index contributed by atoms with van der Waals surface area (Å²) < 4.78 is 19.0. The molecule has 1 aromatic rings. The summed E-state index contributed by atoms with van der Waals surface area (Å²) in [4.78, 5) is 24.9. The Kier molecular flexibility index (Phi) is 5.07. The van der Waals surface area contributed by atoms with E-state index in [0.717, 1.165) is 19.3 Å². The van der Waals surface area contributed by atoms with Gasteiger partial charge in [0, 0.05) is 6.04 Å². The van der Waals surface area contributed by atoms with Gasteiger partial charge in [-0.1, -0.05) is 12.1 Å². The lowest BCUT2D eigenvalue weighted by Crippen LogP contribution is -2.51. The maximum absolute atomic E-state index is 13.7. The molecule has 0 unspecified atom stereocenters. The minimum absolute atomic E-state index is 0.209. The first-order valence-corrected chi connectivity index (χ1v) is 9.04. The highest BCUT2D eigenvalue weighted by Gasteiger charge is 2.51. The lowest BCUT2D eigenvalue weighted by molar-refractivity contribution is -0.126. The number of ether oxygens (including phenoxy) is 1. The van der Waals surface area contributed by atoms with Crippen LogP contribution in [0.4, 0.5) is 14.9 Å². The first-order valence-electron chi connectivity index (χ1n) is 9.04. The van der Waals surface area contributed by atoms with Gasteiger partial charge in [0.25, 0.3) is 0 Å². The van der Waals surface area contributed by atoms with E-state index in [1.807, 2.05) is 0 Å². The molecule has 2 aliphatic rings. The van der Waals surface area contributed by atoms with Crippen molar-refractivity contribution in [1.82, 2.24) is 10.7 Å². The number of nitrogens with one attached hydrogen (secondary N) is 3. The van der Waals surface area contributed by atoms with Crippen LogP contribution in [-0.4, -0.2) is 23.6 Å². The number of carbonyl (C=O) groups excluding carboxylic acids is 2. The molecule has 2 saturated carbocycles. The highest BCUT2D eigenvalue weighted by Crippen LogP contribution is 2.48. The fraction of sp³-hybridized carbons (Fsp3) is 0.579. The maximum Gasteiger partial charge on any atom is 0.407 e. The second-order valence-electron chi connectivity index (χ2n) is 8.13. The number of carbonyl (C=O) groups is 2. The summed E-state index contributed by atoms with van der Waals surface area (Å²) in [7, 11) is 0. The van der Waals surface area contributed by atoms with Gasteiger partial charge in [0.05, 0.1) is 11.6 Å². The van der Waals surface area contributed by atoms with Gasteiger partial charge in [0.2, 0.25) is 5.91 Å². The van der Waals surface area contributed by atoms with Crippen LogP contribution >= 0.6 is 0 Å². The van der Waals surface area contributed by atoms with Gasteiger partial charge in [-0.05, 0) is 64.0 Å². The van der Waals surface area contributed by atoms with Crippen molar-refractivity contribution in [3.63, 3.8) is 0 Å². The third-order valence-corrected chi connectivity index (χ3v) is 5.10. The molecule has 142 valence electrons. The van der Waals surface area contributed by atoms with Crippen LogP contribution in [0.1, 0.15) is 40.0 Å². The average Bonchev–Trinajstić information content (AvgIpc) is 3.13. The Morgan fingerprint density at radius 1 is 1.15 bits per heavy atom. The monoisotopic (exact) mass is 363 g/mol. The Hall–Kier alpha value is -2.31. The minimum Gasteiger partial charge on any atom is -0.444 e. The van der Waals surface area contributed by atoms with Crippen LogP contribution in [0.2, 0.25) is 0 Å². The lowest BCUT2D eigenvalue weighted by atomic mass is 9.84. The fourth-order valence-electron chi connectivity index (χ4n) is 4.09. The molecule has 0 aromatic heterocycles. The number of alkyl carbamates (subject to hydrolysis) is 1. The number of fused-ring (bicyclic) bond motifs is 2. The minimum atomic E-state index is -0.591. The molecule has 0 radical (unpaired) electrons. The zero-order chi connectivity index (χ0) is 18.9. The van der Waals surface area contributed by atoms with E-state index in [1.54, 1.807) is 39.0 Å².